The van der Waals surface area contributed by atoms with Crippen molar-refractivity contribution in [2.75, 3.05) is 5.32 Å². The molecule has 1 atom stereocenters. The van der Waals surface area contributed by atoms with Crippen molar-refractivity contribution in [2.45, 2.75) is 31.8 Å². The molecule has 2 N–H and O–H groups in total. The van der Waals surface area contributed by atoms with Crippen LogP contribution in [0, 0.1) is 0 Å². The molecule has 1 amide bonds. The summed E-state index contributed by atoms with van der Waals surface area (Å²) in [4.78, 5) is 11.8. The van der Waals surface area contributed by atoms with Crippen LogP contribution in [0.1, 0.15) is 19.8 Å². The molecule has 2 rings (SSSR count). The minimum Gasteiger partial charge on any atom is -0.373 e. The monoisotopic (exact) mass is 316 g/mol. The standard InChI is InChI=1S/C12H14BrClN2O/c1-7(12(17)16-9-3-4-9)15-11-6-8(14)2-5-10(11)13/h2,5-7,9,15H,3-4H2,1H3,(H,16,17). The summed E-state index contributed by atoms with van der Waals surface area (Å²) in [5.41, 5.74) is 0.830. The van der Waals surface area contributed by atoms with Crippen LogP contribution in [0.15, 0.2) is 22.7 Å². The van der Waals surface area contributed by atoms with Gasteiger partial charge in [-0.05, 0) is 53.9 Å². The fourth-order valence-corrected chi connectivity index (χ4v) is 1.99. The average Bonchev–Trinajstić information content (AvgIpc) is 3.07. The van der Waals surface area contributed by atoms with E-state index in [2.05, 4.69) is 26.6 Å². The largest absolute Gasteiger partial charge is 0.373 e. The number of anilines is 1. The number of carbonyl (C=O) groups is 1. The van der Waals surface area contributed by atoms with E-state index < -0.39 is 0 Å². The van der Waals surface area contributed by atoms with Crippen molar-refractivity contribution in [3.63, 3.8) is 0 Å². The Balaban J connectivity index is 1.98. The number of carbonyl (C=O) groups excluding carboxylic acids is 1. The van der Waals surface area contributed by atoms with Crippen LogP contribution in [0.5, 0.6) is 0 Å². The van der Waals surface area contributed by atoms with Gasteiger partial charge in [-0.2, -0.15) is 0 Å². The topological polar surface area (TPSA) is 41.1 Å². The number of rotatable bonds is 4. The molecule has 0 heterocycles. The Labute approximate surface area is 114 Å². The molecule has 0 aliphatic heterocycles. The highest BCUT2D eigenvalue weighted by molar-refractivity contribution is 9.10. The molecule has 1 aromatic rings. The quantitative estimate of drug-likeness (QED) is 0.895. The van der Waals surface area contributed by atoms with Gasteiger partial charge in [0.05, 0.1) is 5.69 Å². The lowest BCUT2D eigenvalue weighted by Crippen LogP contribution is -2.38. The third-order valence-corrected chi connectivity index (χ3v) is 3.54. The lowest BCUT2D eigenvalue weighted by molar-refractivity contribution is -0.121. The van der Waals surface area contributed by atoms with Crippen LogP contribution in [-0.4, -0.2) is 18.0 Å². The van der Waals surface area contributed by atoms with E-state index in [0.717, 1.165) is 23.0 Å². The zero-order chi connectivity index (χ0) is 12.4. The van der Waals surface area contributed by atoms with Crippen molar-refractivity contribution in [3.05, 3.63) is 27.7 Å². The van der Waals surface area contributed by atoms with Gasteiger partial charge in [0, 0.05) is 15.5 Å². The van der Waals surface area contributed by atoms with Gasteiger partial charge in [-0.1, -0.05) is 11.6 Å². The van der Waals surface area contributed by atoms with Gasteiger partial charge in [0.15, 0.2) is 0 Å². The van der Waals surface area contributed by atoms with Gasteiger partial charge in [0.1, 0.15) is 6.04 Å². The predicted molar refractivity (Wildman–Crippen MR) is 73.4 cm³/mol. The summed E-state index contributed by atoms with van der Waals surface area (Å²) in [5, 5.41) is 6.74. The molecule has 5 heteroatoms. The number of halogens is 2. The number of hydrogen-bond acceptors (Lipinski definition) is 2. The minimum atomic E-state index is -0.273. The third-order valence-electron chi connectivity index (χ3n) is 2.62. The average molecular weight is 318 g/mol. The van der Waals surface area contributed by atoms with Crippen LogP contribution >= 0.6 is 27.5 Å². The molecule has 0 aromatic heterocycles. The third kappa shape index (κ3) is 3.61. The van der Waals surface area contributed by atoms with Gasteiger partial charge in [0.25, 0.3) is 0 Å². The second kappa shape index (κ2) is 5.27. The lowest BCUT2D eigenvalue weighted by Gasteiger charge is -2.16. The molecular weight excluding hydrogens is 304 g/mol. The summed E-state index contributed by atoms with van der Waals surface area (Å²) in [5.74, 6) is 0.0272. The van der Waals surface area contributed by atoms with Gasteiger partial charge in [-0.15, -0.1) is 0 Å². The van der Waals surface area contributed by atoms with Gasteiger partial charge in [-0.25, -0.2) is 0 Å². The maximum absolute atomic E-state index is 11.8. The van der Waals surface area contributed by atoms with Crippen LogP contribution in [-0.2, 0) is 4.79 Å². The molecule has 1 aromatic carbocycles. The molecule has 0 saturated heterocycles. The molecule has 0 spiro atoms. The summed E-state index contributed by atoms with van der Waals surface area (Å²) in [6.07, 6.45) is 2.19. The molecule has 3 nitrogen and oxygen atoms in total. The van der Waals surface area contributed by atoms with E-state index in [-0.39, 0.29) is 11.9 Å². The Morgan fingerprint density at radius 3 is 2.88 bits per heavy atom. The molecule has 1 aliphatic rings. The second-order valence-corrected chi connectivity index (χ2v) is 5.56. The normalized spacial score (nSPS) is 16.4. The van der Waals surface area contributed by atoms with Gasteiger partial charge < -0.3 is 10.6 Å². The Bertz CT molecular complexity index is 435. The first-order valence-corrected chi connectivity index (χ1v) is 6.75. The first kappa shape index (κ1) is 12.7. The van der Waals surface area contributed by atoms with Crippen molar-refractivity contribution >= 4 is 39.1 Å². The highest BCUT2D eigenvalue weighted by atomic mass is 79.9. The van der Waals surface area contributed by atoms with Crippen LogP contribution < -0.4 is 10.6 Å². The second-order valence-electron chi connectivity index (χ2n) is 4.27. The first-order valence-electron chi connectivity index (χ1n) is 5.58. The Morgan fingerprint density at radius 2 is 2.24 bits per heavy atom. The van der Waals surface area contributed by atoms with Crippen LogP contribution in [0.2, 0.25) is 5.02 Å². The van der Waals surface area contributed by atoms with E-state index in [0.29, 0.717) is 11.1 Å². The van der Waals surface area contributed by atoms with Crippen molar-refractivity contribution in [2.24, 2.45) is 0 Å². The summed E-state index contributed by atoms with van der Waals surface area (Å²) < 4.78 is 0.896. The van der Waals surface area contributed by atoms with Crippen molar-refractivity contribution in [1.82, 2.24) is 5.32 Å². The van der Waals surface area contributed by atoms with Crippen LogP contribution in [0.3, 0.4) is 0 Å². The maximum atomic E-state index is 11.8. The maximum Gasteiger partial charge on any atom is 0.242 e. The Morgan fingerprint density at radius 1 is 1.53 bits per heavy atom. The highest BCUT2D eigenvalue weighted by Gasteiger charge is 2.25. The molecule has 1 saturated carbocycles. The fraction of sp³-hybridized carbons (Fsp3) is 0.417. The van der Waals surface area contributed by atoms with E-state index in [1.165, 1.54) is 0 Å². The number of hydrogen-bond donors (Lipinski definition) is 2. The van der Waals surface area contributed by atoms with Crippen molar-refractivity contribution < 1.29 is 4.79 Å². The Kier molecular flexibility index (Phi) is 3.94. The first-order chi connectivity index (χ1) is 8.06. The van der Waals surface area contributed by atoms with Crippen molar-refractivity contribution in [1.29, 1.82) is 0 Å². The summed E-state index contributed by atoms with van der Waals surface area (Å²) in [6.45, 7) is 1.84. The molecule has 92 valence electrons. The van der Waals surface area contributed by atoms with Gasteiger partial charge in [-0.3, -0.25) is 4.79 Å². The molecule has 1 unspecified atom stereocenters. The Hall–Kier alpha value is -0.740. The predicted octanol–water partition coefficient (Wildman–Crippen LogP) is 3.18. The highest BCUT2D eigenvalue weighted by Crippen LogP contribution is 2.26. The molecular formula is C12H14BrClN2O. The lowest BCUT2D eigenvalue weighted by atomic mass is 10.2. The van der Waals surface area contributed by atoms with E-state index >= 15 is 0 Å². The molecule has 0 radical (unpaired) electrons. The van der Waals surface area contributed by atoms with E-state index in [9.17, 15) is 4.79 Å². The molecule has 0 bridgehead atoms. The van der Waals surface area contributed by atoms with Crippen LogP contribution in [0.4, 0.5) is 5.69 Å². The van der Waals surface area contributed by atoms with Gasteiger partial charge >= 0.3 is 0 Å². The summed E-state index contributed by atoms with van der Waals surface area (Å²) in [7, 11) is 0. The number of amides is 1. The zero-order valence-corrected chi connectivity index (χ0v) is 11.8. The smallest absolute Gasteiger partial charge is 0.242 e. The summed E-state index contributed by atoms with van der Waals surface area (Å²) >= 11 is 9.33. The van der Waals surface area contributed by atoms with Crippen LogP contribution in [0.25, 0.3) is 0 Å². The van der Waals surface area contributed by atoms with Crippen molar-refractivity contribution in [3.8, 4) is 0 Å². The molecule has 1 aliphatic carbocycles. The fourth-order valence-electron chi connectivity index (χ4n) is 1.46. The zero-order valence-electron chi connectivity index (χ0n) is 9.47. The SMILES string of the molecule is CC(Nc1cc(Cl)ccc1Br)C(=O)NC1CC1. The minimum absolute atomic E-state index is 0.0272. The molecule has 1 fully saturated rings. The number of benzene rings is 1. The van der Waals surface area contributed by atoms with E-state index in [1.54, 1.807) is 12.1 Å². The van der Waals surface area contributed by atoms with Gasteiger partial charge in [0.2, 0.25) is 5.91 Å². The molecule has 17 heavy (non-hydrogen) atoms. The summed E-state index contributed by atoms with van der Waals surface area (Å²) in [6, 6.07) is 5.56. The number of nitrogens with one attached hydrogen (secondary N) is 2. The van der Waals surface area contributed by atoms with E-state index in [4.69, 9.17) is 11.6 Å². The van der Waals surface area contributed by atoms with E-state index in [1.807, 2.05) is 13.0 Å².